The summed E-state index contributed by atoms with van der Waals surface area (Å²) < 4.78 is 10.8. The van der Waals surface area contributed by atoms with Crippen LogP contribution in [-0.2, 0) is 16.1 Å². The van der Waals surface area contributed by atoms with E-state index in [4.69, 9.17) is 9.26 Å². The number of piperidine rings is 1. The van der Waals surface area contributed by atoms with E-state index in [1.54, 1.807) is 11.8 Å². The average molecular weight is 428 g/mol. The maximum Gasteiger partial charge on any atom is 0.317 e. The van der Waals surface area contributed by atoms with Crippen LogP contribution in [0.1, 0.15) is 42.5 Å². The largest absolute Gasteiger partial charge is 0.381 e. The molecule has 2 aromatic rings. The lowest BCUT2D eigenvalue weighted by atomic mass is 9.90. The predicted molar refractivity (Wildman–Crippen MR) is 112 cm³/mol. The number of likely N-dealkylation sites (tertiary alicyclic amines) is 1. The topological polar surface area (TPSA) is 110 Å². The Kier molecular flexibility index (Phi) is 6.81. The standard InChI is InChI=1S/C22H29N5O4/c1-15-24-21(31-26-15)18-7-10-27(22(29)23-13-16-5-3-2-4-6-16)14-19(18)25-20(28)17-8-11-30-12-9-17/h2-6,17-19H,7-14H2,1H3,(H,23,29)(H,25,28)/t18-,19+/m0/s1. The molecule has 2 N–H and O–H groups in total. The molecule has 3 amide bonds. The fourth-order valence-corrected chi connectivity index (χ4v) is 4.19. The molecule has 2 aliphatic heterocycles. The minimum Gasteiger partial charge on any atom is -0.381 e. The third kappa shape index (κ3) is 5.41. The van der Waals surface area contributed by atoms with Gasteiger partial charge in [-0.15, -0.1) is 0 Å². The van der Waals surface area contributed by atoms with Gasteiger partial charge in [0.25, 0.3) is 0 Å². The lowest BCUT2D eigenvalue weighted by Gasteiger charge is -2.38. The van der Waals surface area contributed by atoms with Gasteiger partial charge in [-0.1, -0.05) is 35.5 Å². The van der Waals surface area contributed by atoms with Crippen molar-refractivity contribution in [2.45, 2.75) is 44.7 Å². The zero-order chi connectivity index (χ0) is 21.6. The third-order valence-corrected chi connectivity index (χ3v) is 5.97. The van der Waals surface area contributed by atoms with Gasteiger partial charge < -0.3 is 24.8 Å². The predicted octanol–water partition coefficient (Wildman–Crippen LogP) is 1.99. The molecule has 0 saturated carbocycles. The van der Waals surface area contributed by atoms with E-state index in [-0.39, 0.29) is 29.8 Å². The van der Waals surface area contributed by atoms with Gasteiger partial charge in [0.1, 0.15) is 0 Å². The summed E-state index contributed by atoms with van der Waals surface area (Å²) in [6.07, 6.45) is 2.06. The van der Waals surface area contributed by atoms with Gasteiger partial charge in [0, 0.05) is 38.8 Å². The molecule has 9 heteroatoms. The molecule has 166 valence electrons. The Labute approximate surface area is 181 Å². The van der Waals surface area contributed by atoms with Crippen LogP contribution >= 0.6 is 0 Å². The summed E-state index contributed by atoms with van der Waals surface area (Å²) in [5.41, 5.74) is 1.04. The highest BCUT2D eigenvalue weighted by molar-refractivity contribution is 5.79. The van der Waals surface area contributed by atoms with Crippen LogP contribution in [0.4, 0.5) is 4.79 Å². The molecule has 1 aromatic carbocycles. The number of carbonyl (C=O) groups is 2. The van der Waals surface area contributed by atoms with Crippen molar-refractivity contribution >= 4 is 11.9 Å². The number of nitrogens with one attached hydrogen (secondary N) is 2. The molecule has 2 atom stereocenters. The van der Waals surface area contributed by atoms with Crippen molar-refractivity contribution < 1.29 is 18.8 Å². The summed E-state index contributed by atoms with van der Waals surface area (Å²) in [5, 5.41) is 10.0. The highest BCUT2D eigenvalue weighted by Crippen LogP contribution is 2.28. The monoisotopic (exact) mass is 427 g/mol. The van der Waals surface area contributed by atoms with E-state index < -0.39 is 0 Å². The number of hydrogen-bond donors (Lipinski definition) is 2. The van der Waals surface area contributed by atoms with E-state index in [9.17, 15) is 9.59 Å². The van der Waals surface area contributed by atoms with E-state index >= 15 is 0 Å². The molecular weight excluding hydrogens is 398 g/mol. The summed E-state index contributed by atoms with van der Waals surface area (Å²) in [5.74, 6) is 0.886. The Morgan fingerprint density at radius 1 is 1.16 bits per heavy atom. The number of carbonyl (C=O) groups excluding carboxylic acids is 2. The Morgan fingerprint density at radius 2 is 1.94 bits per heavy atom. The number of urea groups is 1. The van der Waals surface area contributed by atoms with Gasteiger partial charge >= 0.3 is 6.03 Å². The highest BCUT2D eigenvalue weighted by atomic mass is 16.5. The van der Waals surface area contributed by atoms with Crippen molar-refractivity contribution in [3.63, 3.8) is 0 Å². The molecule has 0 spiro atoms. The van der Waals surface area contributed by atoms with Crippen LogP contribution in [0.2, 0.25) is 0 Å². The molecule has 4 rings (SSSR count). The summed E-state index contributed by atoms with van der Waals surface area (Å²) >= 11 is 0. The highest BCUT2D eigenvalue weighted by Gasteiger charge is 2.37. The molecule has 0 bridgehead atoms. The van der Waals surface area contributed by atoms with Crippen molar-refractivity contribution in [3.8, 4) is 0 Å². The first-order valence-electron chi connectivity index (χ1n) is 10.8. The van der Waals surface area contributed by atoms with Gasteiger partial charge in [-0.3, -0.25) is 4.79 Å². The minimum absolute atomic E-state index is 0.00100. The molecular formula is C22H29N5O4. The molecule has 2 aliphatic rings. The van der Waals surface area contributed by atoms with Crippen LogP contribution < -0.4 is 10.6 Å². The van der Waals surface area contributed by atoms with Gasteiger partial charge in [0.15, 0.2) is 5.82 Å². The molecule has 9 nitrogen and oxygen atoms in total. The summed E-state index contributed by atoms with van der Waals surface area (Å²) in [7, 11) is 0. The summed E-state index contributed by atoms with van der Waals surface area (Å²) in [6.45, 7) is 4.38. The third-order valence-electron chi connectivity index (χ3n) is 5.97. The first kappa shape index (κ1) is 21.3. The van der Waals surface area contributed by atoms with Crippen LogP contribution in [0.25, 0.3) is 0 Å². The van der Waals surface area contributed by atoms with Crippen LogP contribution in [0.15, 0.2) is 34.9 Å². The van der Waals surface area contributed by atoms with Crippen molar-refractivity contribution in [2.75, 3.05) is 26.3 Å². The zero-order valence-corrected chi connectivity index (χ0v) is 17.8. The average Bonchev–Trinajstić information content (AvgIpc) is 3.24. The van der Waals surface area contributed by atoms with Crippen molar-refractivity contribution in [1.82, 2.24) is 25.7 Å². The molecule has 3 heterocycles. The van der Waals surface area contributed by atoms with Crippen LogP contribution in [-0.4, -0.2) is 59.3 Å². The van der Waals surface area contributed by atoms with Crippen LogP contribution in [0, 0.1) is 12.8 Å². The van der Waals surface area contributed by atoms with Crippen molar-refractivity contribution in [3.05, 3.63) is 47.6 Å². The van der Waals surface area contributed by atoms with Crippen LogP contribution in [0.5, 0.6) is 0 Å². The van der Waals surface area contributed by atoms with Gasteiger partial charge in [-0.25, -0.2) is 4.79 Å². The van der Waals surface area contributed by atoms with Crippen LogP contribution in [0.3, 0.4) is 0 Å². The number of rotatable bonds is 5. The van der Waals surface area contributed by atoms with Gasteiger partial charge in [-0.2, -0.15) is 4.98 Å². The number of amides is 3. The normalized spacial score (nSPS) is 22.2. The van der Waals surface area contributed by atoms with E-state index in [1.807, 2.05) is 30.3 Å². The van der Waals surface area contributed by atoms with E-state index in [2.05, 4.69) is 20.8 Å². The lowest BCUT2D eigenvalue weighted by molar-refractivity contribution is -0.129. The second-order valence-electron chi connectivity index (χ2n) is 8.17. The first-order chi connectivity index (χ1) is 15.1. The number of nitrogens with zero attached hydrogens (tertiary/aromatic N) is 3. The Morgan fingerprint density at radius 3 is 2.65 bits per heavy atom. The number of hydrogen-bond acceptors (Lipinski definition) is 6. The molecule has 0 unspecified atom stereocenters. The maximum absolute atomic E-state index is 12.9. The molecule has 31 heavy (non-hydrogen) atoms. The van der Waals surface area contributed by atoms with Gasteiger partial charge in [0.2, 0.25) is 11.8 Å². The lowest BCUT2D eigenvalue weighted by Crippen LogP contribution is -2.56. The van der Waals surface area contributed by atoms with E-state index in [1.165, 1.54) is 0 Å². The second kappa shape index (κ2) is 9.91. The van der Waals surface area contributed by atoms with Crippen molar-refractivity contribution in [1.29, 1.82) is 0 Å². The van der Waals surface area contributed by atoms with Gasteiger partial charge in [0.05, 0.1) is 12.0 Å². The fourth-order valence-electron chi connectivity index (χ4n) is 4.19. The second-order valence-corrected chi connectivity index (χ2v) is 8.17. The molecule has 2 fully saturated rings. The SMILES string of the molecule is Cc1noc([C@H]2CCN(C(=O)NCc3ccccc3)C[C@H]2NC(=O)C2CCOCC2)n1. The quantitative estimate of drug-likeness (QED) is 0.755. The summed E-state index contributed by atoms with van der Waals surface area (Å²) in [6, 6.07) is 9.35. The number of aromatic nitrogens is 2. The van der Waals surface area contributed by atoms with Gasteiger partial charge in [-0.05, 0) is 31.7 Å². The molecule has 1 aromatic heterocycles. The molecule has 0 radical (unpaired) electrons. The number of benzene rings is 1. The minimum atomic E-state index is -0.286. The number of ether oxygens (including phenoxy) is 1. The molecule has 2 saturated heterocycles. The Balaban J connectivity index is 1.42. The fraction of sp³-hybridized carbons (Fsp3) is 0.545. The van der Waals surface area contributed by atoms with E-state index in [0.29, 0.717) is 63.8 Å². The van der Waals surface area contributed by atoms with E-state index in [0.717, 1.165) is 5.56 Å². The Hall–Kier alpha value is -2.94. The summed E-state index contributed by atoms with van der Waals surface area (Å²) in [4.78, 5) is 31.8. The number of aryl methyl sites for hydroxylation is 1. The first-order valence-corrected chi connectivity index (χ1v) is 10.8. The zero-order valence-electron chi connectivity index (χ0n) is 17.8. The Bertz CT molecular complexity index is 881. The smallest absolute Gasteiger partial charge is 0.317 e. The van der Waals surface area contributed by atoms with Crippen molar-refractivity contribution in [2.24, 2.45) is 5.92 Å². The molecule has 0 aliphatic carbocycles. The maximum atomic E-state index is 12.9.